The topological polar surface area (TPSA) is 72.4 Å². The molecule has 0 unspecified atom stereocenters. The molecule has 102 valence electrons. The molecule has 19 heavy (non-hydrogen) atoms. The number of carbonyl (C=O) groups is 2. The lowest BCUT2D eigenvalue weighted by atomic mass is 10.0. The van der Waals surface area contributed by atoms with E-state index in [1.807, 2.05) is 18.2 Å². The molecule has 0 aromatic carbocycles. The summed E-state index contributed by atoms with van der Waals surface area (Å²) in [5, 5.41) is 0.461. The number of ether oxygens (including phenoxy) is 1. The SMILES string of the molecule is CCOC(=O)c1nc(SC)nc2c1C(=O)CCN2C. The van der Waals surface area contributed by atoms with Crippen molar-refractivity contribution < 1.29 is 14.3 Å². The number of hydrogen-bond acceptors (Lipinski definition) is 7. The van der Waals surface area contributed by atoms with Crippen LogP contribution in [0.2, 0.25) is 0 Å². The molecule has 1 aromatic rings. The third-order valence-electron chi connectivity index (χ3n) is 2.84. The summed E-state index contributed by atoms with van der Waals surface area (Å²) in [7, 11) is 1.84. The summed E-state index contributed by atoms with van der Waals surface area (Å²) in [6.07, 6.45) is 2.18. The van der Waals surface area contributed by atoms with Crippen molar-refractivity contribution in [1.82, 2.24) is 9.97 Å². The fourth-order valence-electron chi connectivity index (χ4n) is 1.90. The van der Waals surface area contributed by atoms with E-state index in [2.05, 4.69) is 9.97 Å². The molecule has 0 spiro atoms. The number of carbonyl (C=O) groups excluding carboxylic acids is 2. The Bertz CT molecular complexity index is 533. The fourth-order valence-corrected chi connectivity index (χ4v) is 2.26. The van der Waals surface area contributed by atoms with Crippen LogP contribution in [0.1, 0.15) is 34.2 Å². The van der Waals surface area contributed by atoms with Crippen LogP contribution < -0.4 is 4.90 Å². The van der Waals surface area contributed by atoms with Crippen LogP contribution in [0.5, 0.6) is 0 Å². The van der Waals surface area contributed by atoms with Gasteiger partial charge in [-0.15, -0.1) is 0 Å². The zero-order valence-corrected chi connectivity index (χ0v) is 11.9. The van der Waals surface area contributed by atoms with Crippen molar-refractivity contribution in [2.24, 2.45) is 0 Å². The summed E-state index contributed by atoms with van der Waals surface area (Å²) < 4.78 is 4.97. The number of nitrogens with zero attached hydrogens (tertiary/aromatic N) is 3. The lowest BCUT2D eigenvalue weighted by molar-refractivity contribution is 0.0514. The fraction of sp³-hybridized carbons (Fsp3) is 0.500. The molecule has 0 atom stereocenters. The highest BCUT2D eigenvalue weighted by Crippen LogP contribution is 2.28. The molecule has 0 saturated heterocycles. The number of aromatic nitrogens is 2. The van der Waals surface area contributed by atoms with E-state index in [9.17, 15) is 9.59 Å². The van der Waals surface area contributed by atoms with E-state index in [1.165, 1.54) is 11.8 Å². The zero-order valence-electron chi connectivity index (χ0n) is 11.1. The first-order valence-electron chi connectivity index (χ1n) is 5.96. The first-order chi connectivity index (χ1) is 9.08. The Hall–Kier alpha value is -1.63. The van der Waals surface area contributed by atoms with Gasteiger partial charge in [0.2, 0.25) is 0 Å². The molecule has 0 saturated carbocycles. The van der Waals surface area contributed by atoms with Gasteiger partial charge in [0.15, 0.2) is 16.6 Å². The van der Waals surface area contributed by atoms with Crippen molar-refractivity contribution in [3.8, 4) is 0 Å². The number of esters is 1. The summed E-state index contributed by atoms with van der Waals surface area (Å²) in [5.74, 6) is -0.164. The smallest absolute Gasteiger partial charge is 0.357 e. The van der Waals surface area contributed by atoms with Crippen LogP contribution in [0.15, 0.2) is 5.16 Å². The molecular formula is C12H15N3O3S. The van der Waals surface area contributed by atoms with Crippen molar-refractivity contribution in [1.29, 1.82) is 0 Å². The molecule has 6 nitrogen and oxygen atoms in total. The minimum Gasteiger partial charge on any atom is -0.461 e. The number of rotatable bonds is 3. The molecular weight excluding hydrogens is 266 g/mol. The average Bonchev–Trinajstić information content (AvgIpc) is 2.42. The zero-order chi connectivity index (χ0) is 14.0. The maximum Gasteiger partial charge on any atom is 0.357 e. The van der Waals surface area contributed by atoms with Crippen LogP contribution in [0, 0.1) is 0 Å². The predicted molar refractivity (Wildman–Crippen MR) is 72.0 cm³/mol. The number of Topliss-reactive ketones (excluding diaryl/α,β-unsaturated/α-hetero) is 1. The normalized spacial score (nSPS) is 14.3. The summed E-state index contributed by atoms with van der Waals surface area (Å²) in [4.78, 5) is 34.3. The molecule has 0 bridgehead atoms. The molecule has 1 aromatic heterocycles. The highest BCUT2D eigenvalue weighted by Gasteiger charge is 2.30. The Morgan fingerprint density at radius 2 is 2.21 bits per heavy atom. The van der Waals surface area contributed by atoms with Gasteiger partial charge < -0.3 is 9.64 Å². The molecule has 7 heteroatoms. The van der Waals surface area contributed by atoms with E-state index >= 15 is 0 Å². The molecule has 2 rings (SSSR count). The van der Waals surface area contributed by atoms with Gasteiger partial charge >= 0.3 is 5.97 Å². The average molecular weight is 281 g/mol. The Labute approximate surface area is 115 Å². The first-order valence-corrected chi connectivity index (χ1v) is 7.18. The van der Waals surface area contributed by atoms with Gasteiger partial charge in [0.1, 0.15) is 5.82 Å². The molecule has 2 heterocycles. The van der Waals surface area contributed by atoms with Gasteiger partial charge in [-0.05, 0) is 13.2 Å². The van der Waals surface area contributed by atoms with Crippen LogP contribution in [-0.2, 0) is 4.74 Å². The van der Waals surface area contributed by atoms with Crippen molar-refractivity contribution >= 4 is 29.3 Å². The second-order valence-corrected chi connectivity index (χ2v) is 4.85. The maximum atomic E-state index is 12.0. The van der Waals surface area contributed by atoms with E-state index in [0.717, 1.165) is 0 Å². The van der Waals surface area contributed by atoms with Gasteiger partial charge in [0.25, 0.3) is 0 Å². The summed E-state index contributed by atoms with van der Waals surface area (Å²) in [6.45, 7) is 2.56. The number of hydrogen-bond donors (Lipinski definition) is 0. The molecule has 0 N–H and O–H groups in total. The Morgan fingerprint density at radius 1 is 1.47 bits per heavy atom. The van der Waals surface area contributed by atoms with Gasteiger partial charge in [0, 0.05) is 20.0 Å². The van der Waals surface area contributed by atoms with Crippen LogP contribution >= 0.6 is 11.8 Å². The van der Waals surface area contributed by atoms with Crippen molar-refractivity contribution in [2.75, 3.05) is 31.4 Å². The van der Waals surface area contributed by atoms with Crippen molar-refractivity contribution in [3.05, 3.63) is 11.3 Å². The molecule has 0 radical (unpaired) electrons. The quantitative estimate of drug-likeness (QED) is 0.471. The van der Waals surface area contributed by atoms with E-state index < -0.39 is 5.97 Å². The highest BCUT2D eigenvalue weighted by molar-refractivity contribution is 7.98. The molecule has 0 fully saturated rings. The summed E-state index contributed by atoms with van der Waals surface area (Å²) >= 11 is 1.33. The van der Waals surface area contributed by atoms with Gasteiger partial charge in [-0.2, -0.15) is 0 Å². The third-order valence-corrected chi connectivity index (χ3v) is 3.38. The maximum absolute atomic E-state index is 12.0. The largest absolute Gasteiger partial charge is 0.461 e. The predicted octanol–water partition coefficient (Wildman–Crippen LogP) is 1.40. The summed E-state index contributed by atoms with van der Waals surface area (Å²) in [6, 6.07) is 0. The third kappa shape index (κ3) is 2.56. The van der Waals surface area contributed by atoms with Gasteiger partial charge in [0.05, 0.1) is 12.2 Å². The van der Waals surface area contributed by atoms with Gasteiger partial charge in [-0.25, -0.2) is 14.8 Å². The second-order valence-electron chi connectivity index (χ2n) is 4.07. The van der Waals surface area contributed by atoms with Gasteiger partial charge in [-0.1, -0.05) is 11.8 Å². The second kappa shape index (κ2) is 5.56. The first kappa shape index (κ1) is 13.8. The number of fused-ring (bicyclic) bond motifs is 1. The van der Waals surface area contributed by atoms with Gasteiger partial charge in [-0.3, -0.25) is 4.79 Å². The number of anilines is 1. The Morgan fingerprint density at radius 3 is 2.84 bits per heavy atom. The van der Waals surface area contributed by atoms with E-state index in [4.69, 9.17) is 4.74 Å². The van der Waals surface area contributed by atoms with E-state index in [-0.39, 0.29) is 23.6 Å². The lowest BCUT2D eigenvalue weighted by Crippen LogP contribution is -2.32. The van der Waals surface area contributed by atoms with Crippen molar-refractivity contribution in [3.63, 3.8) is 0 Å². The van der Waals surface area contributed by atoms with E-state index in [0.29, 0.717) is 23.9 Å². The minimum atomic E-state index is -0.569. The van der Waals surface area contributed by atoms with Crippen LogP contribution in [0.4, 0.5) is 5.82 Å². The minimum absolute atomic E-state index is 0.0766. The standard InChI is InChI=1S/C12H15N3O3S/c1-4-18-11(17)9-8-7(16)5-6-15(2)10(8)14-12(13-9)19-3/h4-6H2,1-3H3. The number of ketones is 1. The van der Waals surface area contributed by atoms with Crippen molar-refractivity contribution in [2.45, 2.75) is 18.5 Å². The Balaban J connectivity index is 2.60. The Kier molecular flexibility index (Phi) is 4.04. The summed E-state index contributed by atoms with van der Waals surface area (Å²) in [5.41, 5.74) is 0.359. The molecule has 0 aliphatic carbocycles. The molecule has 0 amide bonds. The monoisotopic (exact) mass is 281 g/mol. The molecule has 1 aliphatic rings. The van der Waals surface area contributed by atoms with Crippen LogP contribution in [0.3, 0.4) is 0 Å². The van der Waals surface area contributed by atoms with Crippen LogP contribution in [-0.4, -0.2) is 48.2 Å². The van der Waals surface area contributed by atoms with E-state index in [1.54, 1.807) is 6.92 Å². The van der Waals surface area contributed by atoms with Crippen LogP contribution in [0.25, 0.3) is 0 Å². The highest BCUT2D eigenvalue weighted by atomic mass is 32.2. The lowest BCUT2D eigenvalue weighted by Gasteiger charge is -2.26. The number of thioether (sulfide) groups is 1. The molecule has 1 aliphatic heterocycles.